The van der Waals surface area contributed by atoms with Crippen LogP contribution in [0.25, 0.3) is 22.0 Å². The molecule has 0 radical (unpaired) electrons. The van der Waals surface area contributed by atoms with Crippen molar-refractivity contribution in [3.63, 3.8) is 0 Å². The van der Waals surface area contributed by atoms with E-state index in [4.69, 9.17) is 23.2 Å². The second kappa shape index (κ2) is 7.59. The van der Waals surface area contributed by atoms with E-state index >= 15 is 0 Å². The molecule has 1 aliphatic carbocycles. The van der Waals surface area contributed by atoms with Crippen molar-refractivity contribution in [2.45, 2.75) is 12.8 Å². The van der Waals surface area contributed by atoms with Gasteiger partial charge in [0, 0.05) is 11.1 Å². The summed E-state index contributed by atoms with van der Waals surface area (Å²) in [6.45, 7) is 0. The Kier molecular flexibility index (Phi) is 4.77. The van der Waals surface area contributed by atoms with Crippen LogP contribution in [0.4, 0.5) is 0 Å². The topological polar surface area (TPSA) is 70.1 Å². The van der Waals surface area contributed by atoms with E-state index in [1.807, 2.05) is 0 Å². The third-order valence-electron chi connectivity index (χ3n) is 5.33. The van der Waals surface area contributed by atoms with E-state index in [2.05, 4.69) is 51.1 Å². The molecule has 1 aliphatic rings. The number of amides is 1. The number of H-pyrrole nitrogens is 1. The number of hydrogen-bond acceptors (Lipinski definition) is 3. The predicted molar refractivity (Wildman–Crippen MR) is 120 cm³/mol. The molecule has 0 aliphatic heterocycles. The minimum absolute atomic E-state index is 0.322. The molecular weight excluding hydrogens is 419 g/mol. The number of hydrogen-bond donors (Lipinski definition) is 2. The number of aromatic nitrogens is 2. The molecule has 7 heteroatoms. The Labute approximate surface area is 182 Å². The van der Waals surface area contributed by atoms with Gasteiger partial charge in [-0.05, 0) is 46.9 Å². The lowest BCUT2D eigenvalue weighted by Crippen LogP contribution is -2.18. The van der Waals surface area contributed by atoms with E-state index in [9.17, 15) is 4.79 Å². The normalized spacial score (nSPS) is 12.7. The van der Waals surface area contributed by atoms with Gasteiger partial charge in [-0.15, -0.1) is 0 Å². The lowest BCUT2D eigenvalue weighted by molar-refractivity contribution is 0.0950. The minimum atomic E-state index is -0.394. The van der Waals surface area contributed by atoms with Crippen molar-refractivity contribution in [1.82, 2.24) is 15.6 Å². The molecule has 0 spiro atoms. The van der Waals surface area contributed by atoms with Crippen LogP contribution in [0.2, 0.25) is 10.0 Å². The first kappa shape index (κ1) is 18.9. The molecular formula is C23H16Cl2N4O. The van der Waals surface area contributed by atoms with Gasteiger partial charge in [-0.25, -0.2) is 5.43 Å². The highest BCUT2D eigenvalue weighted by molar-refractivity contribution is 6.43. The van der Waals surface area contributed by atoms with Gasteiger partial charge < -0.3 is 0 Å². The van der Waals surface area contributed by atoms with E-state index in [1.165, 1.54) is 22.7 Å². The van der Waals surface area contributed by atoms with E-state index < -0.39 is 5.91 Å². The highest BCUT2D eigenvalue weighted by atomic mass is 35.5. The van der Waals surface area contributed by atoms with E-state index in [0.717, 1.165) is 29.5 Å². The third-order valence-corrected chi connectivity index (χ3v) is 6.16. The Balaban J connectivity index is 1.39. The van der Waals surface area contributed by atoms with E-state index in [0.29, 0.717) is 21.3 Å². The van der Waals surface area contributed by atoms with Gasteiger partial charge in [0.15, 0.2) is 0 Å². The molecule has 5 nitrogen and oxygen atoms in total. The smallest absolute Gasteiger partial charge is 0.272 e. The maximum atomic E-state index is 12.5. The van der Waals surface area contributed by atoms with E-state index in [1.54, 1.807) is 24.3 Å². The van der Waals surface area contributed by atoms with Gasteiger partial charge in [0.05, 0.1) is 22.0 Å². The summed E-state index contributed by atoms with van der Waals surface area (Å²) < 4.78 is 0. The Morgan fingerprint density at radius 1 is 1.07 bits per heavy atom. The highest BCUT2D eigenvalue weighted by Crippen LogP contribution is 2.36. The zero-order chi connectivity index (χ0) is 20.7. The standard InChI is InChI=1S/C23H16Cl2N4O/c24-18-6-2-4-15(22(18)25)12-26-29-23(30)20-11-19(27-28-20)16-10-9-14-8-7-13-3-1-5-17(16)21(13)14/h1-6,9-12H,7-8H2,(H,27,28)(H,29,30)/b26-12-. The molecule has 2 N–H and O–H groups in total. The summed E-state index contributed by atoms with van der Waals surface area (Å²) >= 11 is 12.1. The molecule has 0 saturated carbocycles. The van der Waals surface area contributed by atoms with Crippen LogP contribution in [0.1, 0.15) is 27.2 Å². The first-order valence-electron chi connectivity index (χ1n) is 9.48. The molecule has 0 fully saturated rings. The van der Waals surface area contributed by atoms with E-state index in [-0.39, 0.29) is 0 Å². The Hall–Kier alpha value is -3.15. The van der Waals surface area contributed by atoms with Crippen LogP contribution in [0.3, 0.4) is 0 Å². The molecule has 0 unspecified atom stereocenters. The summed E-state index contributed by atoms with van der Waals surface area (Å²) in [6, 6.07) is 17.5. The average molecular weight is 435 g/mol. The first-order valence-corrected chi connectivity index (χ1v) is 10.2. The van der Waals surface area contributed by atoms with Crippen molar-refractivity contribution in [3.8, 4) is 11.3 Å². The largest absolute Gasteiger partial charge is 0.289 e. The summed E-state index contributed by atoms with van der Waals surface area (Å²) in [5.74, 6) is -0.394. The van der Waals surface area contributed by atoms with Crippen LogP contribution in [-0.2, 0) is 12.8 Å². The number of nitrogens with zero attached hydrogens (tertiary/aromatic N) is 2. The average Bonchev–Trinajstić information content (AvgIpc) is 3.40. The van der Waals surface area contributed by atoms with Gasteiger partial charge in [-0.2, -0.15) is 10.2 Å². The molecule has 0 atom stereocenters. The van der Waals surface area contributed by atoms with Gasteiger partial charge in [0.25, 0.3) is 5.91 Å². The molecule has 1 aromatic heterocycles. The summed E-state index contributed by atoms with van der Waals surface area (Å²) in [6.07, 6.45) is 3.59. The van der Waals surface area contributed by atoms with Crippen LogP contribution in [0, 0.1) is 0 Å². The van der Waals surface area contributed by atoms with Crippen molar-refractivity contribution in [3.05, 3.63) is 87.0 Å². The monoisotopic (exact) mass is 434 g/mol. The van der Waals surface area contributed by atoms with Gasteiger partial charge in [0.1, 0.15) is 5.69 Å². The minimum Gasteiger partial charge on any atom is -0.272 e. The Morgan fingerprint density at radius 3 is 2.73 bits per heavy atom. The van der Waals surface area contributed by atoms with Crippen LogP contribution < -0.4 is 5.43 Å². The molecule has 3 aromatic carbocycles. The summed E-state index contributed by atoms with van der Waals surface area (Å²) in [5.41, 5.74) is 7.87. The summed E-state index contributed by atoms with van der Waals surface area (Å²) in [4.78, 5) is 12.5. The number of aromatic amines is 1. The van der Waals surface area contributed by atoms with Crippen molar-refractivity contribution < 1.29 is 4.79 Å². The first-order chi connectivity index (χ1) is 14.6. The van der Waals surface area contributed by atoms with Crippen molar-refractivity contribution in [2.75, 3.05) is 0 Å². The molecule has 1 heterocycles. The fourth-order valence-electron chi connectivity index (χ4n) is 3.89. The molecule has 0 saturated heterocycles. The van der Waals surface area contributed by atoms with Gasteiger partial charge >= 0.3 is 0 Å². The highest BCUT2D eigenvalue weighted by Gasteiger charge is 2.18. The number of rotatable bonds is 4. The predicted octanol–water partition coefficient (Wildman–Crippen LogP) is 5.40. The van der Waals surface area contributed by atoms with Crippen LogP contribution in [0.5, 0.6) is 0 Å². The number of carbonyl (C=O) groups is 1. The second-order valence-corrected chi connectivity index (χ2v) is 7.91. The maximum Gasteiger partial charge on any atom is 0.289 e. The number of aryl methyl sites for hydroxylation is 2. The number of benzene rings is 3. The molecule has 5 rings (SSSR count). The molecule has 30 heavy (non-hydrogen) atoms. The number of carbonyl (C=O) groups excluding carboxylic acids is 1. The Morgan fingerprint density at radius 2 is 1.87 bits per heavy atom. The van der Waals surface area contributed by atoms with Crippen LogP contribution in [-0.4, -0.2) is 22.3 Å². The quantitative estimate of drug-likeness (QED) is 0.333. The van der Waals surface area contributed by atoms with Crippen molar-refractivity contribution in [1.29, 1.82) is 0 Å². The van der Waals surface area contributed by atoms with Gasteiger partial charge in [0.2, 0.25) is 0 Å². The third kappa shape index (κ3) is 3.26. The Bertz CT molecular complexity index is 1320. The molecule has 1 amide bonds. The zero-order valence-corrected chi connectivity index (χ0v) is 17.3. The van der Waals surface area contributed by atoms with Gasteiger partial charge in [-0.3, -0.25) is 9.89 Å². The summed E-state index contributed by atoms with van der Waals surface area (Å²) in [5, 5.41) is 14.4. The molecule has 0 bridgehead atoms. The SMILES string of the molecule is O=C(N/N=C\c1cccc(Cl)c1Cl)c1cc(-c2ccc3c4c(cccc24)CC3)n[nH]1. The second-order valence-electron chi connectivity index (χ2n) is 7.12. The van der Waals surface area contributed by atoms with Crippen molar-refractivity contribution in [2.24, 2.45) is 5.10 Å². The summed E-state index contributed by atoms with van der Waals surface area (Å²) in [7, 11) is 0. The van der Waals surface area contributed by atoms with Gasteiger partial charge in [-0.1, -0.05) is 65.7 Å². The number of nitrogens with one attached hydrogen (secondary N) is 2. The lowest BCUT2D eigenvalue weighted by Gasteiger charge is -2.06. The number of hydrazone groups is 1. The number of halogens is 2. The lowest BCUT2D eigenvalue weighted by atomic mass is 9.98. The fourth-order valence-corrected chi connectivity index (χ4v) is 4.24. The fraction of sp³-hybridized carbons (Fsp3) is 0.0870. The molecule has 4 aromatic rings. The van der Waals surface area contributed by atoms with Crippen LogP contribution in [0.15, 0.2) is 59.7 Å². The van der Waals surface area contributed by atoms with Crippen LogP contribution >= 0.6 is 23.2 Å². The maximum absolute atomic E-state index is 12.5. The molecule has 148 valence electrons. The zero-order valence-electron chi connectivity index (χ0n) is 15.7. The van der Waals surface area contributed by atoms with Crippen molar-refractivity contribution >= 4 is 46.1 Å².